The number of anilines is 1. The summed E-state index contributed by atoms with van der Waals surface area (Å²) in [7, 11) is 0. The molecule has 0 fully saturated rings. The normalized spacial score (nSPS) is 11.9. The molecule has 0 aliphatic carbocycles. The van der Waals surface area contributed by atoms with Crippen LogP contribution in [0.3, 0.4) is 0 Å². The fourth-order valence-electron chi connectivity index (χ4n) is 2.53. The van der Waals surface area contributed by atoms with E-state index in [2.05, 4.69) is 10.5 Å². The highest BCUT2D eigenvalue weighted by atomic mass is 16.6. The summed E-state index contributed by atoms with van der Waals surface area (Å²) in [4.78, 5) is 28.6. The third-order valence-corrected chi connectivity index (χ3v) is 3.94. The molecule has 0 spiro atoms. The van der Waals surface area contributed by atoms with E-state index in [1.165, 1.54) is 0 Å². The summed E-state index contributed by atoms with van der Waals surface area (Å²) in [5.41, 5.74) is 2.22. The molecule has 0 aliphatic rings. The third kappa shape index (κ3) is 6.93. The number of aliphatic carboxylic acids is 1. The van der Waals surface area contributed by atoms with Crippen molar-refractivity contribution in [3.63, 3.8) is 0 Å². The fourth-order valence-corrected chi connectivity index (χ4v) is 2.53. The van der Waals surface area contributed by atoms with Gasteiger partial charge in [-0.2, -0.15) is 0 Å². The molecule has 6 nitrogen and oxygen atoms in total. The Balaban J connectivity index is 1.94. The summed E-state index contributed by atoms with van der Waals surface area (Å²) in [5, 5.41) is 15.4. The number of ketones is 1. The number of Topliss-reactive ketones (excluding diaryl/α,β-unsaturated/α-hetero) is 1. The molecule has 0 radical (unpaired) electrons. The van der Waals surface area contributed by atoms with Crippen LogP contribution in [0.5, 0.6) is 0 Å². The second-order valence-corrected chi connectivity index (χ2v) is 6.10. The van der Waals surface area contributed by atoms with Gasteiger partial charge in [0.1, 0.15) is 13.2 Å². The first-order chi connectivity index (χ1) is 13.1. The van der Waals surface area contributed by atoms with Gasteiger partial charge in [0.25, 0.3) is 0 Å². The second-order valence-electron chi connectivity index (χ2n) is 6.10. The van der Waals surface area contributed by atoms with Gasteiger partial charge < -0.3 is 15.3 Å². The first kappa shape index (κ1) is 20.2. The van der Waals surface area contributed by atoms with Gasteiger partial charge in [-0.3, -0.25) is 9.59 Å². The van der Waals surface area contributed by atoms with Gasteiger partial charge in [0.2, 0.25) is 0 Å². The number of carbonyl (C=O) groups is 2. The number of nitrogens with zero attached hydrogens (tertiary/aromatic N) is 1. The van der Waals surface area contributed by atoms with Crippen molar-refractivity contribution in [3.8, 4) is 0 Å². The molecule has 1 unspecified atom stereocenters. The number of rotatable bonds is 11. The maximum absolute atomic E-state index is 12.7. The highest BCUT2D eigenvalue weighted by Gasteiger charge is 2.17. The number of oxime groups is 1. The van der Waals surface area contributed by atoms with E-state index >= 15 is 0 Å². The van der Waals surface area contributed by atoms with Gasteiger partial charge in [-0.1, -0.05) is 48.8 Å². The predicted octanol–water partition coefficient (Wildman–Crippen LogP) is 3.98. The van der Waals surface area contributed by atoms with E-state index < -0.39 is 5.97 Å². The largest absolute Gasteiger partial charge is 0.480 e. The molecule has 2 N–H and O–H groups in total. The van der Waals surface area contributed by atoms with Gasteiger partial charge >= 0.3 is 5.97 Å². The predicted molar refractivity (Wildman–Crippen MR) is 105 cm³/mol. The summed E-state index contributed by atoms with van der Waals surface area (Å²) in [6.07, 6.45) is 3.08. The minimum Gasteiger partial charge on any atom is -0.480 e. The van der Waals surface area contributed by atoms with Gasteiger partial charge in [-0.05, 0) is 36.2 Å². The van der Waals surface area contributed by atoms with E-state index in [1.807, 2.05) is 37.3 Å². The van der Waals surface area contributed by atoms with Crippen LogP contribution >= 0.6 is 0 Å². The molecule has 1 atom stereocenters. The quantitative estimate of drug-likeness (QED) is 0.356. The molecule has 0 aliphatic heterocycles. The Morgan fingerprint density at radius 3 is 2.48 bits per heavy atom. The van der Waals surface area contributed by atoms with Crippen LogP contribution in [-0.2, 0) is 16.2 Å². The number of hydrogen-bond acceptors (Lipinski definition) is 5. The zero-order chi connectivity index (χ0) is 19.5. The van der Waals surface area contributed by atoms with E-state index in [1.54, 1.807) is 30.5 Å². The first-order valence-electron chi connectivity index (χ1n) is 8.89. The van der Waals surface area contributed by atoms with Crippen LogP contribution in [0.2, 0.25) is 0 Å². The molecule has 0 saturated heterocycles. The maximum Gasteiger partial charge on any atom is 0.322 e. The van der Waals surface area contributed by atoms with E-state index in [0.717, 1.165) is 12.0 Å². The molecule has 2 rings (SSSR count). The van der Waals surface area contributed by atoms with Crippen molar-refractivity contribution in [2.75, 3.05) is 11.9 Å². The Labute approximate surface area is 158 Å². The number of hydrogen-bond donors (Lipinski definition) is 2. The Morgan fingerprint density at radius 2 is 1.85 bits per heavy atom. The van der Waals surface area contributed by atoms with Crippen LogP contribution in [-0.4, -0.2) is 29.6 Å². The summed E-state index contributed by atoms with van der Waals surface area (Å²) in [6, 6.07) is 16.5. The topological polar surface area (TPSA) is 88.0 Å². The average molecular weight is 368 g/mol. The van der Waals surface area contributed by atoms with E-state index in [9.17, 15) is 9.59 Å². The van der Waals surface area contributed by atoms with Crippen LogP contribution in [0, 0.1) is 5.92 Å². The van der Waals surface area contributed by atoms with Crippen molar-refractivity contribution in [2.45, 2.75) is 26.4 Å². The lowest BCUT2D eigenvalue weighted by atomic mass is 9.94. The Bertz CT molecular complexity index is 758. The lowest BCUT2D eigenvalue weighted by molar-refractivity contribution is -0.134. The van der Waals surface area contributed by atoms with Crippen molar-refractivity contribution in [1.82, 2.24) is 0 Å². The number of benzene rings is 2. The fraction of sp³-hybridized carbons (Fsp3) is 0.286. The molecular formula is C21H24N2O4. The zero-order valence-corrected chi connectivity index (χ0v) is 15.3. The summed E-state index contributed by atoms with van der Waals surface area (Å²) >= 11 is 0. The molecule has 0 aromatic heterocycles. The molecule has 27 heavy (non-hydrogen) atoms. The van der Waals surface area contributed by atoms with E-state index in [-0.39, 0.29) is 18.2 Å². The number of carboxylic acids is 1. The van der Waals surface area contributed by atoms with E-state index in [4.69, 9.17) is 9.94 Å². The third-order valence-electron chi connectivity index (χ3n) is 3.94. The van der Waals surface area contributed by atoms with Crippen molar-refractivity contribution < 1.29 is 19.5 Å². The standard InChI is InChI=1S/C21H24N2O4/c1-2-6-18(13-23-27-15-16-7-4-3-5-8-16)21(26)17-9-11-19(12-10-17)22-14-20(24)25/h3-5,7-13,18,22H,2,6,14-15H2,1H3,(H,24,25)/b23-13+. The highest BCUT2D eigenvalue weighted by Crippen LogP contribution is 2.16. The number of carboxylic acid groups (broad SMARTS) is 1. The summed E-state index contributed by atoms with van der Waals surface area (Å²) in [5.74, 6) is -1.33. The number of nitrogens with one attached hydrogen (secondary N) is 1. The molecule has 0 amide bonds. The first-order valence-corrected chi connectivity index (χ1v) is 8.89. The van der Waals surface area contributed by atoms with Gasteiger partial charge in [0, 0.05) is 11.3 Å². The van der Waals surface area contributed by atoms with Crippen molar-refractivity contribution in [1.29, 1.82) is 0 Å². The highest BCUT2D eigenvalue weighted by molar-refractivity contribution is 6.06. The Kier molecular flexibility index (Phi) is 8.03. The summed E-state index contributed by atoms with van der Waals surface area (Å²) in [6.45, 7) is 2.20. The van der Waals surface area contributed by atoms with Crippen molar-refractivity contribution in [2.24, 2.45) is 11.1 Å². The van der Waals surface area contributed by atoms with Gasteiger partial charge in [-0.15, -0.1) is 0 Å². The SMILES string of the molecule is CCCC(/C=N/OCc1ccccc1)C(=O)c1ccc(NCC(=O)O)cc1. The Morgan fingerprint density at radius 1 is 1.15 bits per heavy atom. The lowest BCUT2D eigenvalue weighted by Crippen LogP contribution is -2.17. The smallest absolute Gasteiger partial charge is 0.322 e. The second kappa shape index (κ2) is 10.8. The molecule has 2 aromatic carbocycles. The molecule has 6 heteroatoms. The van der Waals surface area contributed by atoms with Crippen molar-refractivity contribution >= 4 is 23.7 Å². The lowest BCUT2D eigenvalue weighted by Gasteiger charge is -2.11. The van der Waals surface area contributed by atoms with E-state index in [0.29, 0.717) is 24.3 Å². The maximum atomic E-state index is 12.7. The molecule has 0 bridgehead atoms. The zero-order valence-electron chi connectivity index (χ0n) is 15.3. The van der Waals surface area contributed by atoms with Crippen LogP contribution < -0.4 is 5.32 Å². The van der Waals surface area contributed by atoms with Crippen LogP contribution in [0.1, 0.15) is 35.7 Å². The van der Waals surface area contributed by atoms with Crippen LogP contribution in [0.25, 0.3) is 0 Å². The average Bonchev–Trinajstić information content (AvgIpc) is 2.69. The van der Waals surface area contributed by atoms with Crippen LogP contribution in [0.15, 0.2) is 59.8 Å². The molecule has 2 aromatic rings. The van der Waals surface area contributed by atoms with Gasteiger partial charge in [-0.25, -0.2) is 0 Å². The monoisotopic (exact) mass is 368 g/mol. The molecule has 0 heterocycles. The minimum absolute atomic E-state index is 0.0336. The van der Waals surface area contributed by atoms with Crippen LogP contribution in [0.4, 0.5) is 5.69 Å². The van der Waals surface area contributed by atoms with Crippen molar-refractivity contribution in [3.05, 3.63) is 65.7 Å². The van der Waals surface area contributed by atoms with Gasteiger partial charge in [0.05, 0.1) is 12.1 Å². The minimum atomic E-state index is -0.940. The molecular weight excluding hydrogens is 344 g/mol. The number of carbonyl (C=O) groups excluding carboxylic acids is 1. The van der Waals surface area contributed by atoms with Gasteiger partial charge in [0.15, 0.2) is 5.78 Å². The molecule has 0 saturated carbocycles. The Hall–Kier alpha value is -3.15. The summed E-state index contributed by atoms with van der Waals surface area (Å²) < 4.78 is 0. The molecule has 142 valence electrons.